The Bertz CT molecular complexity index is 725. The summed E-state index contributed by atoms with van der Waals surface area (Å²) in [6.45, 7) is 4.06. The first-order valence-electron chi connectivity index (χ1n) is 8.13. The molecule has 4 rings (SSSR count). The SMILES string of the molecule is Cc1ccoc1C(=O)N1CC2(C[C@H](OCc3cccnc3)CS2)C1. The van der Waals surface area contributed by atoms with Gasteiger partial charge in [-0.3, -0.25) is 9.78 Å². The number of carbonyl (C=O) groups is 1. The van der Waals surface area contributed by atoms with Crippen LogP contribution in [-0.2, 0) is 11.3 Å². The summed E-state index contributed by atoms with van der Waals surface area (Å²) in [4.78, 5) is 18.4. The molecule has 1 atom stereocenters. The van der Waals surface area contributed by atoms with Crippen molar-refractivity contribution in [2.24, 2.45) is 0 Å². The Kier molecular flexibility index (Phi) is 4.10. The van der Waals surface area contributed by atoms with Crippen molar-refractivity contribution < 1.29 is 13.9 Å². The first kappa shape index (κ1) is 15.7. The van der Waals surface area contributed by atoms with Crippen molar-refractivity contribution in [3.8, 4) is 0 Å². The number of hydrogen-bond acceptors (Lipinski definition) is 5. The number of carbonyl (C=O) groups excluding carboxylic acids is 1. The molecule has 24 heavy (non-hydrogen) atoms. The number of ether oxygens (including phenoxy) is 1. The highest BCUT2D eigenvalue weighted by Crippen LogP contribution is 2.46. The van der Waals surface area contributed by atoms with Crippen molar-refractivity contribution >= 4 is 17.7 Å². The molecule has 2 aliphatic heterocycles. The van der Waals surface area contributed by atoms with Crippen molar-refractivity contribution in [2.45, 2.75) is 30.8 Å². The van der Waals surface area contributed by atoms with E-state index in [1.807, 2.05) is 48.0 Å². The number of aryl methyl sites for hydroxylation is 1. The van der Waals surface area contributed by atoms with Gasteiger partial charge in [-0.25, -0.2) is 0 Å². The van der Waals surface area contributed by atoms with E-state index < -0.39 is 0 Å². The van der Waals surface area contributed by atoms with Crippen LogP contribution in [0, 0.1) is 6.92 Å². The van der Waals surface area contributed by atoms with Crippen LogP contribution in [0.25, 0.3) is 0 Å². The van der Waals surface area contributed by atoms with Gasteiger partial charge in [0.15, 0.2) is 5.76 Å². The molecule has 2 fully saturated rings. The van der Waals surface area contributed by atoms with E-state index in [-0.39, 0.29) is 16.8 Å². The molecule has 6 heteroatoms. The average Bonchev–Trinajstić information content (AvgIpc) is 3.18. The lowest BCUT2D eigenvalue weighted by Gasteiger charge is -2.47. The molecule has 2 aromatic rings. The zero-order valence-corrected chi connectivity index (χ0v) is 14.4. The van der Waals surface area contributed by atoms with Crippen LogP contribution in [0.3, 0.4) is 0 Å². The van der Waals surface area contributed by atoms with E-state index in [0.717, 1.165) is 36.4 Å². The highest BCUT2D eigenvalue weighted by molar-refractivity contribution is 8.01. The monoisotopic (exact) mass is 344 g/mol. The van der Waals surface area contributed by atoms with Gasteiger partial charge in [-0.2, -0.15) is 0 Å². The quantitative estimate of drug-likeness (QED) is 0.854. The average molecular weight is 344 g/mol. The van der Waals surface area contributed by atoms with Crippen molar-refractivity contribution in [3.05, 3.63) is 53.7 Å². The van der Waals surface area contributed by atoms with Gasteiger partial charge in [0.05, 0.1) is 23.7 Å². The molecule has 0 aliphatic carbocycles. The molecule has 5 nitrogen and oxygen atoms in total. The van der Waals surface area contributed by atoms with E-state index in [1.165, 1.54) is 0 Å². The first-order chi connectivity index (χ1) is 11.7. The Morgan fingerprint density at radius 1 is 1.50 bits per heavy atom. The third kappa shape index (κ3) is 2.96. The van der Waals surface area contributed by atoms with Gasteiger partial charge < -0.3 is 14.1 Å². The van der Waals surface area contributed by atoms with Crippen LogP contribution in [0.4, 0.5) is 0 Å². The number of amides is 1. The van der Waals surface area contributed by atoms with Gasteiger partial charge in [0.25, 0.3) is 5.91 Å². The lowest BCUT2D eigenvalue weighted by atomic mass is 9.92. The third-order valence-electron chi connectivity index (χ3n) is 4.69. The van der Waals surface area contributed by atoms with E-state index >= 15 is 0 Å². The number of aromatic nitrogens is 1. The normalized spacial score (nSPS) is 21.9. The third-order valence-corrected chi connectivity index (χ3v) is 6.26. The largest absolute Gasteiger partial charge is 0.459 e. The standard InChI is InChI=1S/C18H20N2O3S/c1-13-4-6-22-16(13)17(21)20-11-18(12-20)7-15(10-24-18)23-9-14-3-2-5-19-8-14/h2-6,8,15H,7,9-12H2,1H3/t15-/m0/s1. The molecule has 126 valence electrons. The highest BCUT2D eigenvalue weighted by Gasteiger charge is 2.51. The number of rotatable bonds is 4. The van der Waals surface area contributed by atoms with Gasteiger partial charge in [0.2, 0.25) is 0 Å². The zero-order chi connectivity index (χ0) is 16.6. The van der Waals surface area contributed by atoms with Gasteiger partial charge in [0.1, 0.15) is 0 Å². The minimum absolute atomic E-state index is 0.00320. The minimum Gasteiger partial charge on any atom is -0.459 e. The van der Waals surface area contributed by atoms with Crippen LogP contribution in [0.2, 0.25) is 0 Å². The lowest BCUT2D eigenvalue weighted by Crippen LogP contribution is -2.60. The number of nitrogens with zero attached hydrogens (tertiary/aromatic N) is 2. The number of likely N-dealkylation sites (tertiary alicyclic amines) is 1. The van der Waals surface area contributed by atoms with Crippen LogP contribution in [-0.4, -0.2) is 45.5 Å². The van der Waals surface area contributed by atoms with E-state index in [1.54, 1.807) is 12.5 Å². The molecule has 1 spiro atoms. The van der Waals surface area contributed by atoms with Gasteiger partial charge in [0, 0.05) is 36.8 Å². The van der Waals surface area contributed by atoms with Gasteiger partial charge >= 0.3 is 0 Å². The lowest BCUT2D eigenvalue weighted by molar-refractivity contribution is 0.0242. The molecule has 1 amide bonds. The van der Waals surface area contributed by atoms with Crippen LogP contribution in [0.5, 0.6) is 0 Å². The van der Waals surface area contributed by atoms with Gasteiger partial charge in [-0.05, 0) is 31.0 Å². The molecule has 0 radical (unpaired) electrons. The summed E-state index contributed by atoms with van der Waals surface area (Å²) < 4.78 is 11.5. The topological polar surface area (TPSA) is 55.6 Å². The van der Waals surface area contributed by atoms with Crippen LogP contribution in [0.15, 0.2) is 41.3 Å². The predicted molar refractivity (Wildman–Crippen MR) is 92.0 cm³/mol. The smallest absolute Gasteiger partial charge is 0.289 e. The molecule has 2 aliphatic rings. The Balaban J connectivity index is 1.29. The van der Waals surface area contributed by atoms with Crippen molar-refractivity contribution in [3.63, 3.8) is 0 Å². The minimum atomic E-state index is 0.00320. The second kappa shape index (κ2) is 6.26. The molecule has 0 aromatic carbocycles. The van der Waals surface area contributed by atoms with E-state index in [4.69, 9.17) is 9.15 Å². The number of thioether (sulfide) groups is 1. The molecular weight excluding hydrogens is 324 g/mol. The van der Waals surface area contributed by atoms with Gasteiger partial charge in [-0.1, -0.05) is 6.07 Å². The summed E-state index contributed by atoms with van der Waals surface area (Å²) in [6.07, 6.45) is 6.43. The Hall–Kier alpha value is -1.79. The van der Waals surface area contributed by atoms with E-state index in [9.17, 15) is 4.79 Å². The molecule has 0 saturated carbocycles. The van der Waals surface area contributed by atoms with Crippen molar-refractivity contribution in [2.75, 3.05) is 18.8 Å². The van der Waals surface area contributed by atoms with E-state index in [2.05, 4.69) is 4.98 Å². The molecule has 2 aromatic heterocycles. The summed E-state index contributed by atoms with van der Waals surface area (Å²) in [5.41, 5.74) is 2.00. The van der Waals surface area contributed by atoms with Gasteiger partial charge in [-0.15, -0.1) is 11.8 Å². The molecule has 0 bridgehead atoms. The second-order valence-corrected chi connectivity index (χ2v) is 8.07. The maximum absolute atomic E-state index is 12.4. The summed E-state index contributed by atoms with van der Waals surface area (Å²) in [5, 5.41) is 0. The van der Waals surface area contributed by atoms with Crippen LogP contribution in [0.1, 0.15) is 28.1 Å². The number of pyridine rings is 1. The molecule has 4 heterocycles. The predicted octanol–water partition coefficient (Wildman–Crippen LogP) is 2.90. The summed E-state index contributed by atoms with van der Waals surface area (Å²) in [6, 6.07) is 5.78. The summed E-state index contributed by atoms with van der Waals surface area (Å²) in [7, 11) is 0. The maximum atomic E-state index is 12.4. The van der Waals surface area contributed by atoms with Crippen LogP contribution < -0.4 is 0 Å². The fraction of sp³-hybridized carbons (Fsp3) is 0.444. The van der Waals surface area contributed by atoms with Crippen molar-refractivity contribution in [1.82, 2.24) is 9.88 Å². The van der Waals surface area contributed by atoms with E-state index in [0.29, 0.717) is 12.4 Å². The maximum Gasteiger partial charge on any atom is 0.289 e. The summed E-state index contributed by atoms with van der Waals surface area (Å²) in [5.74, 6) is 1.46. The Morgan fingerprint density at radius 2 is 2.38 bits per heavy atom. The Morgan fingerprint density at radius 3 is 3.08 bits per heavy atom. The molecule has 0 unspecified atom stereocenters. The molecule has 0 N–H and O–H groups in total. The fourth-order valence-corrected chi connectivity index (χ4v) is 4.91. The van der Waals surface area contributed by atoms with Crippen molar-refractivity contribution in [1.29, 1.82) is 0 Å². The number of furan rings is 1. The zero-order valence-electron chi connectivity index (χ0n) is 13.6. The van der Waals surface area contributed by atoms with Crippen LogP contribution >= 0.6 is 11.8 Å². The second-order valence-electron chi connectivity index (χ2n) is 6.59. The highest BCUT2D eigenvalue weighted by atomic mass is 32.2. The fourth-order valence-electron chi connectivity index (χ4n) is 3.36. The molecular formula is C18H20N2O3S. The number of hydrogen-bond donors (Lipinski definition) is 0. The molecule has 2 saturated heterocycles. The first-order valence-corrected chi connectivity index (χ1v) is 9.12. The summed E-state index contributed by atoms with van der Waals surface area (Å²) >= 11 is 1.93. The Labute approximate surface area is 145 Å².